The van der Waals surface area contributed by atoms with E-state index in [1.807, 2.05) is 86.9 Å². The van der Waals surface area contributed by atoms with Crippen LogP contribution in [0.3, 0.4) is 0 Å². The molecule has 0 N–H and O–H groups in total. The summed E-state index contributed by atoms with van der Waals surface area (Å²) < 4.78 is 31.3. The van der Waals surface area contributed by atoms with Crippen LogP contribution in [-0.4, -0.2) is 27.6 Å². The third kappa shape index (κ3) is 9.69. The number of aromatic nitrogens is 4. The van der Waals surface area contributed by atoms with E-state index in [4.69, 9.17) is 15.8 Å². The zero-order chi connectivity index (χ0) is 49.8. The van der Waals surface area contributed by atoms with Gasteiger partial charge in [-0.2, -0.15) is 0 Å². The van der Waals surface area contributed by atoms with Crippen molar-refractivity contribution in [3.63, 3.8) is 0 Å². The number of halogens is 1. The van der Waals surface area contributed by atoms with Crippen LogP contribution in [0.4, 0.5) is 4.39 Å². The molecule has 0 aliphatic carbocycles. The van der Waals surface area contributed by atoms with Crippen LogP contribution in [0.25, 0.3) is 94.5 Å². The van der Waals surface area contributed by atoms with Crippen molar-refractivity contribution in [3.8, 4) is 50.6 Å². The number of para-hydroxylation sites is 3. The molecule has 0 amide bonds. The summed E-state index contributed by atoms with van der Waals surface area (Å²) in [6.07, 6.45) is 3.75. The van der Waals surface area contributed by atoms with Crippen LogP contribution in [-0.2, 0) is 20.1 Å². The van der Waals surface area contributed by atoms with Crippen LogP contribution >= 0.6 is 0 Å². The van der Waals surface area contributed by atoms with Crippen LogP contribution in [0.5, 0.6) is 0 Å². The first-order chi connectivity index (χ1) is 34.0. The number of rotatable bonds is 9. The molecule has 8 heteroatoms. The summed E-state index contributed by atoms with van der Waals surface area (Å²) in [4.78, 5) is 14.6. The zero-order valence-corrected chi connectivity index (χ0v) is 45.0. The Morgan fingerprint density at radius 3 is 2.04 bits per heavy atom. The summed E-state index contributed by atoms with van der Waals surface area (Å²) in [5.74, 6) is 0.353. The first kappa shape index (κ1) is 47.8. The monoisotopic (exact) mass is 1130 g/mol. The minimum Gasteiger partial charge on any atom is -0.482 e. The van der Waals surface area contributed by atoms with Gasteiger partial charge in [-0.25, -0.2) is 0 Å². The van der Waals surface area contributed by atoms with E-state index in [1.54, 1.807) is 6.07 Å². The average molecular weight is 1130 g/mol. The molecule has 0 spiro atoms. The molecular weight excluding hydrogens is 1070 g/mol. The van der Waals surface area contributed by atoms with Crippen LogP contribution in [0.15, 0.2) is 168 Å². The van der Waals surface area contributed by atoms with Crippen molar-refractivity contribution in [3.05, 3.63) is 199 Å². The van der Waals surface area contributed by atoms with E-state index >= 15 is 0 Å². The topological polar surface area (TPSA) is 56.7 Å². The van der Waals surface area contributed by atoms with Gasteiger partial charge in [0.1, 0.15) is 0 Å². The number of pyridine rings is 2. The molecule has 1 radical (unpaired) electrons. The normalized spacial score (nSPS) is 12.1. The van der Waals surface area contributed by atoms with Crippen LogP contribution in [0, 0.1) is 17.9 Å². The second kappa shape index (κ2) is 20.1. The Balaban J connectivity index is 0.000000197. The molecule has 0 saturated carbocycles. The van der Waals surface area contributed by atoms with E-state index in [0.717, 1.165) is 61.2 Å². The van der Waals surface area contributed by atoms with Crippen molar-refractivity contribution in [1.29, 1.82) is 0 Å². The second-order valence-corrected chi connectivity index (χ2v) is 25.1. The average Bonchev–Trinajstić information content (AvgIpc) is 3.94. The van der Waals surface area contributed by atoms with Crippen molar-refractivity contribution >= 4 is 57.1 Å². The molecular formula is C63H57FIrN4OSi-2. The predicted molar refractivity (Wildman–Crippen MR) is 293 cm³/mol. The summed E-state index contributed by atoms with van der Waals surface area (Å²) in [6.45, 7) is 19.7. The van der Waals surface area contributed by atoms with Crippen molar-refractivity contribution in [2.75, 3.05) is 0 Å². The van der Waals surface area contributed by atoms with Gasteiger partial charge in [0.2, 0.25) is 0 Å². The summed E-state index contributed by atoms with van der Waals surface area (Å²) in [5.41, 5.74) is 14.3. The van der Waals surface area contributed by atoms with Gasteiger partial charge in [0.25, 0.3) is 0 Å². The molecule has 7 aromatic carbocycles. The minimum absolute atomic E-state index is 0. The number of imidazole rings is 1. The number of hydrogen-bond donors (Lipinski definition) is 0. The van der Waals surface area contributed by atoms with Gasteiger partial charge in [-0.1, -0.05) is 186 Å². The molecule has 0 bridgehead atoms. The molecule has 11 aromatic rings. The number of fused-ring (bicyclic) bond motifs is 5. The molecule has 71 heavy (non-hydrogen) atoms. The minimum atomic E-state index is -1.64. The fraction of sp³-hybridized carbons (Fsp3) is 0.190. The molecule has 11 rings (SSSR count). The Bertz CT molecular complexity index is 3750. The third-order valence-electron chi connectivity index (χ3n) is 13.2. The Hall–Kier alpha value is -6.83. The molecule has 5 nitrogen and oxygen atoms in total. The fourth-order valence-electron chi connectivity index (χ4n) is 9.51. The number of benzene rings is 7. The van der Waals surface area contributed by atoms with Crippen LogP contribution < -0.4 is 5.19 Å². The molecule has 0 unspecified atom stereocenters. The maximum Gasteiger partial charge on any atom is 0.151 e. The van der Waals surface area contributed by atoms with E-state index in [-0.39, 0.29) is 37.8 Å². The van der Waals surface area contributed by atoms with Gasteiger partial charge in [-0.3, -0.25) is 14.4 Å². The van der Waals surface area contributed by atoms with E-state index < -0.39 is 14.0 Å². The standard InChI is InChI=1S/C40H32N3O.C23H25FNSi.Ir/c1-24(2)32-20-29(28-18-17-26-11-5-6-12-27(26)19-28)21-33(25(3)4)38(32)43-36-15-9-8-14-35(36)42-39(43)30-22-34-31-13-7-10-16-37(31)44-40(34)41-23-30;1-16(2)19-14-22(25-15-23(19)26(3,4)5)18-11-12-21(24)20(13-18)17-9-7-6-8-10-17;/h5-21,23-25H,1-4H3;6-10,12-16H,1-5H3;/q2*-1;/i;16D;. The summed E-state index contributed by atoms with van der Waals surface area (Å²) in [6, 6.07) is 57.8. The summed E-state index contributed by atoms with van der Waals surface area (Å²) >= 11 is 0. The van der Waals surface area contributed by atoms with Crippen molar-refractivity contribution in [2.24, 2.45) is 0 Å². The quantitative estimate of drug-likeness (QED) is 0.107. The fourth-order valence-corrected chi connectivity index (χ4v) is 11.1. The van der Waals surface area contributed by atoms with Gasteiger partial charge in [-0.05, 0) is 115 Å². The molecule has 0 fully saturated rings. The first-order valence-electron chi connectivity index (χ1n) is 24.7. The van der Waals surface area contributed by atoms with Crippen molar-refractivity contribution in [1.82, 2.24) is 19.5 Å². The maximum atomic E-state index is 14.4. The SMILES string of the molecule is CC(C)c1cc(-c2ccc3ccccc3c2)cc(C(C)C)c1-n1c(-c2[c-]c3c(nc2)oc2ccccc23)nc2ccccc21.[2H]C(C)(C)c1cc(-c2[c-]cc(F)c(-c3ccccc3)c2)ncc1[Si](C)(C)C.[Ir]. The third-order valence-corrected chi connectivity index (χ3v) is 15.2. The smallest absolute Gasteiger partial charge is 0.151 e. The number of furan rings is 1. The van der Waals surface area contributed by atoms with Gasteiger partial charge in [0, 0.05) is 39.2 Å². The molecule has 357 valence electrons. The Morgan fingerprint density at radius 2 is 1.32 bits per heavy atom. The number of hydrogen-bond acceptors (Lipinski definition) is 4. The van der Waals surface area contributed by atoms with Crippen LogP contribution in [0.1, 0.15) is 77.3 Å². The Morgan fingerprint density at radius 1 is 0.648 bits per heavy atom. The van der Waals surface area contributed by atoms with Gasteiger partial charge >= 0.3 is 0 Å². The van der Waals surface area contributed by atoms with Crippen molar-refractivity contribution in [2.45, 2.75) is 78.9 Å². The van der Waals surface area contributed by atoms with Gasteiger partial charge in [0.15, 0.2) is 5.71 Å². The zero-order valence-electron chi connectivity index (χ0n) is 42.7. The summed E-state index contributed by atoms with van der Waals surface area (Å²) in [7, 11) is -1.64. The second-order valence-electron chi connectivity index (χ2n) is 20.0. The predicted octanol–water partition coefficient (Wildman–Crippen LogP) is 16.9. The van der Waals surface area contributed by atoms with E-state index in [2.05, 4.69) is 148 Å². The Kier molecular flexibility index (Phi) is 13.5. The molecule has 0 saturated heterocycles. The van der Waals surface area contributed by atoms with Crippen molar-refractivity contribution < 1.29 is 30.3 Å². The molecule has 0 aliphatic rings. The van der Waals surface area contributed by atoms with E-state index in [9.17, 15) is 4.39 Å². The van der Waals surface area contributed by atoms with E-state index in [1.165, 1.54) is 50.0 Å². The Labute approximate surface area is 432 Å². The maximum absolute atomic E-state index is 14.4. The molecule has 0 aliphatic heterocycles. The molecule has 4 aromatic heterocycles. The molecule has 0 atom stereocenters. The van der Waals surface area contributed by atoms with Gasteiger partial charge in [-0.15, -0.1) is 29.8 Å². The summed E-state index contributed by atoms with van der Waals surface area (Å²) in [5, 5.41) is 5.57. The van der Waals surface area contributed by atoms with E-state index in [0.29, 0.717) is 11.3 Å². The van der Waals surface area contributed by atoms with Gasteiger partial charge in [0.05, 0.1) is 30.5 Å². The van der Waals surface area contributed by atoms with Crippen LogP contribution in [0.2, 0.25) is 19.6 Å². The molecule has 4 heterocycles. The first-order valence-corrected chi connectivity index (χ1v) is 27.7. The van der Waals surface area contributed by atoms with Gasteiger partial charge < -0.3 is 14.0 Å². The number of nitrogens with zero attached hydrogens (tertiary/aromatic N) is 4. The largest absolute Gasteiger partial charge is 0.482 e.